The van der Waals surface area contributed by atoms with Gasteiger partial charge in [0.05, 0.1) is 5.02 Å². The second-order valence-corrected chi connectivity index (χ2v) is 5.58. The highest BCUT2D eigenvalue weighted by atomic mass is 79.9. The fourth-order valence-corrected chi connectivity index (χ4v) is 1.98. The molecule has 0 spiro atoms. The van der Waals surface area contributed by atoms with Gasteiger partial charge < -0.3 is 10.4 Å². The van der Waals surface area contributed by atoms with Crippen molar-refractivity contribution in [2.75, 3.05) is 13.2 Å². The van der Waals surface area contributed by atoms with E-state index in [1.807, 2.05) is 6.92 Å². The molecule has 1 rings (SSSR count). The molecule has 0 aromatic heterocycles. The van der Waals surface area contributed by atoms with Crippen molar-refractivity contribution < 1.29 is 9.90 Å². The Morgan fingerprint density at radius 1 is 1.56 bits per heavy atom. The number of nitrogens with one attached hydrogen (secondary N) is 1. The average Bonchev–Trinajstić information content (AvgIpc) is 2.37. The number of amides is 1. The number of carbonyl (C=O) groups excluding carboxylic acids is 1. The van der Waals surface area contributed by atoms with Crippen molar-refractivity contribution >= 4 is 33.4 Å². The zero-order chi connectivity index (χ0) is 13.5. The third kappa shape index (κ3) is 4.96. The topological polar surface area (TPSA) is 49.3 Å². The molecule has 1 atom stereocenters. The lowest BCUT2D eigenvalue weighted by Crippen LogP contribution is -2.24. The van der Waals surface area contributed by atoms with E-state index >= 15 is 0 Å². The van der Waals surface area contributed by atoms with Crippen LogP contribution in [0.25, 0.3) is 0 Å². The van der Waals surface area contributed by atoms with Crippen LogP contribution < -0.4 is 5.32 Å². The van der Waals surface area contributed by atoms with Gasteiger partial charge >= 0.3 is 0 Å². The molecule has 0 aliphatic heterocycles. The summed E-state index contributed by atoms with van der Waals surface area (Å²) in [6.07, 6.45) is 1.77. The van der Waals surface area contributed by atoms with Crippen molar-refractivity contribution in [2.24, 2.45) is 5.92 Å². The summed E-state index contributed by atoms with van der Waals surface area (Å²) in [6.45, 7) is 2.79. The SMILES string of the molecule is CC(CO)CCCNC(=O)c1ccc(Cl)c(Br)c1. The third-order valence-electron chi connectivity index (χ3n) is 2.65. The first-order chi connectivity index (χ1) is 8.54. The summed E-state index contributed by atoms with van der Waals surface area (Å²) < 4.78 is 0.714. The van der Waals surface area contributed by atoms with E-state index in [0.29, 0.717) is 21.6 Å². The van der Waals surface area contributed by atoms with Gasteiger partial charge in [-0.2, -0.15) is 0 Å². The largest absolute Gasteiger partial charge is 0.396 e. The van der Waals surface area contributed by atoms with Gasteiger partial charge in [0.1, 0.15) is 0 Å². The maximum absolute atomic E-state index is 11.8. The number of aliphatic hydroxyl groups is 1. The van der Waals surface area contributed by atoms with Crippen molar-refractivity contribution in [1.29, 1.82) is 0 Å². The highest BCUT2D eigenvalue weighted by Crippen LogP contribution is 2.23. The molecule has 0 bridgehead atoms. The van der Waals surface area contributed by atoms with Crippen LogP contribution in [0.1, 0.15) is 30.1 Å². The Balaban J connectivity index is 2.39. The van der Waals surface area contributed by atoms with Crippen LogP contribution in [-0.2, 0) is 0 Å². The van der Waals surface area contributed by atoms with Gasteiger partial charge in [-0.05, 0) is 52.9 Å². The zero-order valence-corrected chi connectivity index (χ0v) is 12.6. The molecule has 0 fully saturated rings. The molecule has 100 valence electrons. The summed E-state index contributed by atoms with van der Waals surface area (Å²) in [6, 6.07) is 5.08. The number of aliphatic hydroxyl groups excluding tert-OH is 1. The Morgan fingerprint density at radius 2 is 2.28 bits per heavy atom. The number of halogens is 2. The molecule has 1 amide bonds. The monoisotopic (exact) mass is 333 g/mol. The summed E-state index contributed by atoms with van der Waals surface area (Å²) in [5.74, 6) is 0.176. The van der Waals surface area contributed by atoms with E-state index in [9.17, 15) is 4.79 Å². The second kappa shape index (κ2) is 7.77. The Labute approximate surface area is 121 Å². The van der Waals surface area contributed by atoms with Crippen LogP contribution in [0.5, 0.6) is 0 Å². The lowest BCUT2D eigenvalue weighted by molar-refractivity contribution is 0.0952. The van der Waals surface area contributed by atoms with Gasteiger partial charge in [-0.15, -0.1) is 0 Å². The van der Waals surface area contributed by atoms with Crippen LogP contribution >= 0.6 is 27.5 Å². The van der Waals surface area contributed by atoms with E-state index in [1.165, 1.54) is 0 Å². The van der Waals surface area contributed by atoms with Crippen LogP contribution in [-0.4, -0.2) is 24.2 Å². The lowest BCUT2D eigenvalue weighted by Gasteiger charge is -2.09. The fourth-order valence-electron chi connectivity index (χ4n) is 1.48. The summed E-state index contributed by atoms with van der Waals surface area (Å²) in [5, 5.41) is 12.3. The molecule has 1 aromatic rings. The van der Waals surface area contributed by atoms with Crippen molar-refractivity contribution in [2.45, 2.75) is 19.8 Å². The molecular formula is C13H17BrClNO2. The van der Waals surface area contributed by atoms with E-state index in [4.69, 9.17) is 16.7 Å². The molecule has 0 aliphatic carbocycles. The average molecular weight is 335 g/mol. The van der Waals surface area contributed by atoms with Crippen molar-refractivity contribution in [3.05, 3.63) is 33.3 Å². The zero-order valence-electron chi connectivity index (χ0n) is 10.2. The van der Waals surface area contributed by atoms with Gasteiger partial charge in [0.25, 0.3) is 5.91 Å². The Bertz CT molecular complexity index is 412. The van der Waals surface area contributed by atoms with Crippen molar-refractivity contribution in [1.82, 2.24) is 5.32 Å². The maximum atomic E-state index is 11.8. The quantitative estimate of drug-likeness (QED) is 0.785. The number of hydrogen-bond acceptors (Lipinski definition) is 2. The van der Waals surface area contributed by atoms with Gasteiger partial charge in [0, 0.05) is 23.2 Å². The molecule has 2 N–H and O–H groups in total. The smallest absolute Gasteiger partial charge is 0.251 e. The second-order valence-electron chi connectivity index (χ2n) is 4.31. The minimum atomic E-state index is -0.107. The molecule has 0 heterocycles. The van der Waals surface area contributed by atoms with Gasteiger partial charge in [-0.25, -0.2) is 0 Å². The van der Waals surface area contributed by atoms with E-state index in [-0.39, 0.29) is 18.4 Å². The summed E-state index contributed by atoms with van der Waals surface area (Å²) in [7, 11) is 0. The van der Waals surface area contributed by atoms with Crippen LogP contribution in [0.4, 0.5) is 0 Å². The molecule has 5 heteroatoms. The molecule has 1 unspecified atom stereocenters. The first-order valence-electron chi connectivity index (χ1n) is 5.88. The summed E-state index contributed by atoms with van der Waals surface area (Å²) in [5.41, 5.74) is 0.585. The number of benzene rings is 1. The predicted molar refractivity (Wildman–Crippen MR) is 77.0 cm³/mol. The summed E-state index contributed by atoms with van der Waals surface area (Å²) >= 11 is 9.15. The van der Waals surface area contributed by atoms with Crippen molar-refractivity contribution in [3.63, 3.8) is 0 Å². The van der Waals surface area contributed by atoms with E-state index in [2.05, 4.69) is 21.2 Å². The summed E-state index contributed by atoms with van der Waals surface area (Å²) in [4.78, 5) is 11.8. The van der Waals surface area contributed by atoms with Crippen LogP contribution in [0.2, 0.25) is 5.02 Å². The minimum absolute atomic E-state index is 0.107. The lowest BCUT2D eigenvalue weighted by atomic mass is 10.1. The fraction of sp³-hybridized carbons (Fsp3) is 0.462. The molecule has 0 saturated heterocycles. The van der Waals surface area contributed by atoms with E-state index in [1.54, 1.807) is 18.2 Å². The van der Waals surface area contributed by atoms with Crippen molar-refractivity contribution in [3.8, 4) is 0 Å². The van der Waals surface area contributed by atoms with Gasteiger partial charge in [0.2, 0.25) is 0 Å². The molecule has 0 radical (unpaired) electrons. The first-order valence-corrected chi connectivity index (χ1v) is 7.05. The van der Waals surface area contributed by atoms with Crippen LogP contribution in [0, 0.1) is 5.92 Å². The Morgan fingerprint density at radius 3 is 2.89 bits per heavy atom. The van der Waals surface area contributed by atoms with Gasteiger partial charge in [0.15, 0.2) is 0 Å². The van der Waals surface area contributed by atoms with Crippen LogP contribution in [0.3, 0.4) is 0 Å². The number of hydrogen-bond donors (Lipinski definition) is 2. The minimum Gasteiger partial charge on any atom is -0.396 e. The number of carbonyl (C=O) groups is 1. The highest BCUT2D eigenvalue weighted by molar-refractivity contribution is 9.10. The molecule has 1 aromatic carbocycles. The predicted octanol–water partition coefficient (Wildman–Crippen LogP) is 3.24. The molecule has 3 nitrogen and oxygen atoms in total. The number of rotatable bonds is 6. The van der Waals surface area contributed by atoms with E-state index in [0.717, 1.165) is 12.8 Å². The molecule has 0 aliphatic rings. The third-order valence-corrected chi connectivity index (χ3v) is 3.87. The highest BCUT2D eigenvalue weighted by Gasteiger charge is 2.07. The van der Waals surface area contributed by atoms with Gasteiger partial charge in [-0.1, -0.05) is 18.5 Å². The molecule has 0 saturated carbocycles. The normalized spacial score (nSPS) is 12.2. The Kier molecular flexibility index (Phi) is 6.68. The Hall–Kier alpha value is -0.580. The first kappa shape index (κ1) is 15.5. The maximum Gasteiger partial charge on any atom is 0.251 e. The molecular weight excluding hydrogens is 318 g/mol. The standard InChI is InChI=1S/C13H17BrClNO2/c1-9(8-17)3-2-6-16-13(18)10-4-5-12(15)11(14)7-10/h4-5,7,9,17H,2-3,6,8H2,1H3,(H,16,18). The van der Waals surface area contributed by atoms with Crippen LogP contribution in [0.15, 0.2) is 22.7 Å². The van der Waals surface area contributed by atoms with E-state index < -0.39 is 0 Å². The molecule has 18 heavy (non-hydrogen) atoms. The van der Waals surface area contributed by atoms with Gasteiger partial charge in [-0.3, -0.25) is 4.79 Å².